The Balaban J connectivity index is 1.77. The van der Waals surface area contributed by atoms with Gasteiger partial charge in [-0.05, 0) is 25.0 Å². The Hall–Kier alpha value is -1.75. The van der Waals surface area contributed by atoms with Crippen LogP contribution in [0, 0.1) is 0 Å². The van der Waals surface area contributed by atoms with E-state index in [0.29, 0.717) is 5.69 Å². The minimum atomic E-state index is 0.0679. The van der Waals surface area contributed by atoms with E-state index >= 15 is 0 Å². The lowest BCUT2D eigenvalue weighted by atomic mass is 10.2. The van der Waals surface area contributed by atoms with Crippen LogP contribution in [0.4, 0.5) is 0 Å². The molecular weight excluding hydrogens is 270 g/mol. The van der Waals surface area contributed by atoms with Crippen LogP contribution in [0.1, 0.15) is 36.2 Å². The van der Waals surface area contributed by atoms with Crippen LogP contribution >= 0.6 is 11.3 Å². The molecule has 1 aliphatic heterocycles. The maximum absolute atomic E-state index is 12.5. The van der Waals surface area contributed by atoms with Crippen molar-refractivity contribution >= 4 is 17.2 Å². The lowest BCUT2D eigenvalue weighted by molar-refractivity contribution is 0.0756. The topological polar surface area (TPSA) is 46.1 Å². The predicted molar refractivity (Wildman–Crippen MR) is 79.7 cm³/mol. The van der Waals surface area contributed by atoms with Gasteiger partial charge in [0.25, 0.3) is 5.91 Å². The van der Waals surface area contributed by atoms with Crippen LogP contribution in [-0.2, 0) is 0 Å². The van der Waals surface area contributed by atoms with E-state index in [1.165, 1.54) is 24.2 Å². The molecule has 104 valence electrons. The van der Waals surface area contributed by atoms with Gasteiger partial charge in [0.05, 0.1) is 0 Å². The highest BCUT2D eigenvalue weighted by Gasteiger charge is 2.20. The predicted octanol–water partition coefficient (Wildman–Crippen LogP) is 3.22. The van der Waals surface area contributed by atoms with Crippen molar-refractivity contribution in [1.29, 1.82) is 0 Å². The third-order valence-electron chi connectivity index (χ3n) is 3.53. The summed E-state index contributed by atoms with van der Waals surface area (Å²) < 4.78 is 0. The quantitative estimate of drug-likeness (QED) is 0.852. The van der Waals surface area contributed by atoms with Crippen molar-refractivity contribution < 1.29 is 4.79 Å². The second kappa shape index (κ2) is 6.13. The van der Waals surface area contributed by atoms with Gasteiger partial charge >= 0.3 is 0 Å². The third kappa shape index (κ3) is 2.88. The van der Waals surface area contributed by atoms with E-state index in [9.17, 15) is 4.79 Å². The molecule has 20 heavy (non-hydrogen) atoms. The Labute approximate surface area is 122 Å². The molecule has 0 radical (unpaired) electrons. The van der Waals surface area contributed by atoms with Crippen LogP contribution < -0.4 is 0 Å². The molecule has 1 aliphatic rings. The number of hydrogen-bond donors (Lipinski definition) is 0. The fourth-order valence-electron chi connectivity index (χ4n) is 2.43. The average Bonchev–Trinajstić information content (AvgIpc) is 2.83. The lowest BCUT2D eigenvalue weighted by Gasteiger charge is -2.18. The minimum absolute atomic E-state index is 0.0679. The molecule has 5 heteroatoms. The number of thiazole rings is 1. The summed E-state index contributed by atoms with van der Waals surface area (Å²) in [7, 11) is 0. The molecule has 0 N–H and O–H groups in total. The second-order valence-corrected chi connectivity index (χ2v) is 5.84. The van der Waals surface area contributed by atoms with Crippen molar-refractivity contribution in [3.05, 3.63) is 35.6 Å². The SMILES string of the molecule is O=C(c1csc(-c2cccnc2)n1)N1CCCCCC1. The molecule has 0 spiro atoms. The minimum Gasteiger partial charge on any atom is -0.337 e. The molecule has 0 unspecified atom stereocenters. The monoisotopic (exact) mass is 287 g/mol. The Bertz CT molecular complexity index is 574. The molecule has 1 amide bonds. The number of pyridine rings is 1. The molecule has 0 aliphatic carbocycles. The lowest BCUT2D eigenvalue weighted by Crippen LogP contribution is -2.32. The van der Waals surface area contributed by atoms with Crippen molar-refractivity contribution in [1.82, 2.24) is 14.9 Å². The first-order chi connectivity index (χ1) is 9.84. The van der Waals surface area contributed by atoms with Gasteiger partial charge in [-0.2, -0.15) is 0 Å². The third-order valence-corrected chi connectivity index (χ3v) is 4.42. The van der Waals surface area contributed by atoms with Gasteiger partial charge in [-0.1, -0.05) is 12.8 Å². The summed E-state index contributed by atoms with van der Waals surface area (Å²) >= 11 is 1.50. The summed E-state index contributed by atoms with van der Waals surface area (Å²) in [4.78, 5) is 23.0. The van der Waals surface area contributed by atoms with Gasteiger partial charge < -0.3 is 4.90 Å². The highest BCUT2D eigenvalue weighted by molar-refractivity contribution is 7.13. The normalized spacial score (nSPS) is 15.9. The van der Waals surface area contributed by atoms with Crippen molar-refractivity contribution in [2.45, 2.75) is 25.7 Å². The fraction of sp³-hybridized carbons (Fsp3) is 0.400. The van der Waals surface area contributed by atoms with Gasteiger partial charge in [0.2, 0.25) is 0 Å². The van der Waals surface area contributed by atoms with Crippen LogP contribution in [0.5, 0.6) is 0 Å². The maximum Gasteiger partial charge on any atom is 0.273 e. The standard InChI is InChI=1S/C15H17N3OS/c19-15(18-8-3-1-2-4-9-18)13-11-20-14(17-13)12-6-5-7-16-10-12/h5-7,10-11H,1-4,8-9H2. The number of hydrogen-bond acceptors (Lipinski definition) is 4. The Morgan fingerprint density at radius 2 is 2.00 bits per heavy atom. The number of rotatable bonds is 2. The fourth-order valence-corrected chi connectivity index (χ4v) is 3.21. The van der Waals surface area contributed by atoms with E-state index in [1.54, 1.807) is 12.4 Å². The molecule has 0 bridgehead atoms. The van der Waals surface area contributed by atoms with Crippen molar-refractivity contribution in [2.75, 3.05) is 13.1 Å². The number of nitrogens with zero attached hydrogens (tertiary/aromatic N) is 3. The highest BCUT2D eigenvalue weighted by atomic mass is 32.1. The molecule has 2 aromatic rings. The zero-order valence-corrected chi connectivity index (χ0v) is 12.1. The van der Waals surface area contributed by atoms with E-state index < -0.39 is 0 Å². The first-order valence-corrected chi connectivity index (χ1v) is 7.88. The molecule has 0 aromatic carbocycles. The number of amides is 1. The zero-order chi connectivity index (χ0) is 13.8. The van der Waals surface area contributed by atoms with E-state index in [2.05, 4.69) is 9.97 Å². The maximum atomic E-state index is 12.5. The summed E-state index contributed by atoms with van der Waals surface area (Å²) in [6.45, 7) is 1.72. The molecular formula is C15H17N3OS. The van der Waals surface area contributed by atoms with Crippen LogP contribution in [-0.4, -0.2) is 33.9 Å². The van der Waals surface area contributed by atoms with Crippen LogP contribution in [0.25, 0.3) is 10.6 Å². The Morgan fingerprint density at radius 3 is 2.70 bits per heavy atom. The summed E-state index contributed by atoms with van der Waals surface area (Å²) in [5.41, 5.74) is 1.53. The molecule has 0 atom stereocenters. The zero-order valence-electron chi connectivity index (χ0n) is 11.3. The highest BCUT2D eigenvalue weighted by Crippen LogP contribution is 2.23. The van der Waals surface area contributed by atoms with Crippen LogP contribution in [0.3, 0.4) is 0 Å². The van der Waals surface area contributed by atoms with Gasteiger partial charge in [-0.25, -0.2) is 4.98 Å². The second-order valence-electron chi connectivity index (χ2n) is 4.99. The number of aromatic nitrogens is 2. The number of likely N-dealkylation sites (tertiary alicyclic amines) is 1. The first-order valence-electron chi connectivity index (χ1n) is 7.00. The van der Waals surface area contributed by atoms with Gasteiger partial charge in [0.15, 0.2) is 0 Å². The van der Waals surface area contributed by atoms with E-state index in [0.717, 1.165) is 36.5 Å². The summed E-state index contributed by atoms with van der Waals surface area (Å²) in [5.74, 6) is 0.0679. The van der Waals surface area contributed by atoms with Gasteiger partial charge in [0, 0.05) is 36.4 Å². The van der Waals surface area contributed by atoms with Gasteiger partial charge in [-0.3, -0.25) is 9.78 Å². The molecule has 1 saturated heterocycles. The largest absolute Gasteiger partial charge is 0.337 e. The van der Waals surface area contributed by atoms with E-state index in [1.807, 2.05) is 22.4 Å². The average molecular weight is 287 g/mol. The van der Waals surface area contributed by atoms with Crippen molar-refractivity contribution in [3.8, 4) is 10.6 Å². The van der Waals surface area contributed by atoms with E-state index in [-0.39, 0.29) is 5.91 Å². The Morgan fingerprint density at radius 1 is 1.20 bits per heavy atom. The summed E-state index contributed by atoms with van der Waals surface area (Å²) in [6.07, 6.45) is 8.17. The first kappa shape index (κ1) is 13.2. The van der Waals surface area contributed by atoms with Crippen molar-refractivity contribution in [3.63, 3.8) is 0 Å². The van der Waals surface area contributed by atoms with E-state index in [4.69, 9.17) is 0 Å². The molecule has 1 fully saturated rings. The van der Waals surface area contributed by atoms with Gasteiger partial charge in [-0.15, -0.1) is 11.3 Å². The molecule has 3 rings (SSSR count). The number of carbonyl (C=O) groups excluding carboxylic acids is 1. The molecule has 2 aromatic heterocycles. The van der Waals surface area contributed by atoms with Crippen molar-refractivity contribution in [2.24, 2.45) is 0 Å². The summed E-state index contributed by atoms with van der Waals surface area (Å²) in [5, 5.41) is 2.71. The van der Waals surface area contributed by atoms with Crippen LogP contribution in [0.15, 0.2) is 29.9 Å². The molecule has 3 heterocycles. The Kier molecular flexibility index (Phi) is 4.06. The smallest absolute Gasteiger partial charge is 0.273 e. The number of carbonyl (C=O) groups is 1. The van der Waals surface area contributed by atoms with Crippen LogP contribution in [0.2, 0.25) is 0 Å². The van der Waals surface area contributed by atoms with Gasteiger partial charge in [0.1, 0.15) is 10.7 Å². The summed E-state index contributed by atoms with van der Waals surface area (Å²) in [6, 6.07) is 3.85. The molecule has 0 saturated carbocycles. The molecule has 4 nitrogen and oxygen atoms in total.